The van der Waals surface area contributed by atoms with Crippen LogP contribution in [0.5, 0.6) is 0 Å². The molecule has 2 fully saturated rings. The normalized spacial score (nSPS) is 26.4. The number of nitrogens with zero attached hydrogens (tertiary/aromatic N) is 4. The van der Waals surface area contributed by atoms with Crippen molar-refractivity contribution in [2.75, 3.05) is 6.61 Å². The number of amides is 1. The Morgan fingerprint density at radius 2 is 2.00 bits per heavy atom. The molecule has 4 rings (SSSR count). The molecule has 7 heteroatoms. The maximum Gasteiger partial charge on any atom is 0.249 e. The van der Waals surface area contributed by atoms with Crippen LogP contribution in [0.4, 0.5) is 0 Å². The van der Waals surface area contributed by atoms with Crippen LogP contribution in [0.25, 0.3) is 11.3 Å². The number of nitrogens with one attached hydrogen (secondary N) is 1. The lowest BCUT2D eigenvalue weighted by Gasteiger charge is -2.31. The lowest BCUT2D eigenvalue weighted by Crippen LogP contribution is -2.45. The van der Waals surface area contributed by atoms with Gasteiger partial charge in [-0.3, -0.25) is 19.4 Å². The molecule has 2 aromatic rings. The zero-order chi connectivity index (χ0) is 17.8. The molecule has 26 heavy (non-hydrogen) atoms. The van der Waals surface area contributed by atoms with Crippen LogP contribution < -0.4 is 5.32 Å². The molecule has 2 aliphatic rings. The fourth-order valence-electron chi connectivity index (χ4n) is 3.84. The van der Waals surface area contributed by atoms with E-state index in [0.29, 0.717) is 12.6 Å². The lowest BCUT2D eigenvalue weighted by molar-refractivity contribution is -0.136. The number of aromatic nitrogens is 4. The van der Waals surface area contributed by atoms with Crippen LogP contribution in [0.15, 0.2) is 31.0 Å². The van der Waals surface area contributed by atoms with Crippen LogP contribution in [-0.4, -0.2) is 44.4 Å². The average molecular weight is 355 g/mol. The molecular formula is C19H25N5O2. The second-order valence-corrected chi connectivity index (χ2v) is 7.17. The largest absolute Gasteiger partial charge is 0.368 e. The Labute approximate surface area is 153 Å². The highest BCUT2D eigenvalue weighted by Crippen LogP contribution is 2.29. The van der Waals surface area contributed by atoms with Crippen molar-refractivity contribution in [3.05, 3.63) is 31.0 Å². The van der Waals surface area contributed by atoms with E-state index in [-0.39, 0.29) is 18.1 Å². The van der Waals surface area contributed by atoms with Gasteiger partial charge in [0.25, 0.3) is 0 Å². The van der Waals surface area contributed by atoms with Crippen LogP contribution in [0, 0.1) is 0 Å². The Hall–Kier alpha value is -2.28. The third kappa shape index (κ3) is 3.93. The number of rotatable bonds is 4. The number of carbonyl (C=O) groups excluding carboxylic acids is 1. The maximum absolute atomic E-state index is 12.3. The van der Waals surface area contributed by atoms with Crippen molar-refractivity contribution in [2.45, 2.75) is 63.1 Å². The van der Waals surface area contributed by atoms with Gasteiger partial charge in [-0.05, 0) is 44.9 Å². The topological polar surface area (TPSA) is 81.9 Å². The molecule has 0 bridgehead atoms. The van der Waals surface area contributed by atoms with Gasteiger partial charge in [0.15, 0.2) is 0 Å². The molecule has 1 aliphatic carbocycles. The molecular weight excluding hydrogens is 330 g/mol. The van der Waals surface area contributed by atoms with Gasteiger partial charge in [0.05, 0.1) is 24.1 Å². The highest BCUT2D eigenvalue weighted by molar-refractivity contribution is 5.81. The van der Waals surface area contributed by atoms with Crippen LogP contribution >= 0.6 is 0 Å². The first-order valence-electron chi connectivity index (χ1n) is 9.52. The first-order chi connectivity index (χ1) is 12.8. The predicted octanol–water partition coefficient (Wildman–Crippen LogP) is 2.51. The van der Waals surface area contributed by atoms with E-state index in [1.54, 1.807) is 18.6 Å². The van der Waals surface area contributed by atoms with Crippen LogP contribution in [-0.2, 0) is 9.53 Å². The van der Waals surface area contributed by atoms with Gasteiger partial charge in [0.1, 0.15) is 6.10 Å². The van der Waals surface area contributed by atoms with Gasteiger partial charge < -0.3 is 10.1 Å². The lowest BCUT2D eigenvalue weighted by atomic mass is 9.91. The minimum Gasteiger partial charge on any atom is -0.368 e. The Morgan fingerprint density at radius 3 is 2.73 bits per heavy atom. The summed E-state index contributed by atoms with van der Waals surface area (Å²) in [5.74, 6) is 0.0668. The van der Waals surface area contributed by atoms with Crippen molar-refractivity contribution < 1.29 is 9.53 Å². The number of ether oxygens (including phenoxy) is 1. The number of carbonyl (C=O) groups is 1. The van der Waals surface area contributed by atoms with Gasteiger partial charge in [0, 0.05) is 36.8 Å². The van der Waals surface area contributed by atoms with E-state index in [0.717, 1.165) is 56.2 Å². The van der Waals surface area contributed by atoms with Crippen LogP contribution in [0.2, 0.25) is 0 Å². The SMILES string of the molecule is O=C(NC1CCC(n2cc(-c3cnccn3)cn2)CC1)C1CCCCO1. The van der Waals surface area contributed by atoms with Crippen LogP contribution in [0.3, 0.4) is 0 Å². The molecule has 1 aliphatic heterocycles. The van der Waals surface area contributed by atoms with Gasteiger partial charge in [0.2, 0.25) is 5.91 Å². The standard InChI is InChI=1S/C19H25N5O2/c25-19(18-3-1-2-10-26-18)23-15-4-6-16(7-5-15)24-13-14(11-22-24)17-12-20-8-9-21-17/h8-9,11-13,15-16,18H,1-7,10H2,(H,23,25). The van der Waals surface area contributed by atoms with Crippen molar-refractivity contribution in [1.29, 1.82) is 0 Å². The maximum atomic E-state index is 12.3. The van der Waals surface area contributed by atoms with E-state index < -0.39 is 0 Å². The summed E-state index contributed by atoms with van der Waals surface area (Å²) in [7, 11) is 0. The first kappa shape index (κ1) is 17.1. The van der Waals surface area contributed by atoms with Crippen LogP contribution in [0.1, 0.15) is 51.0 Å². The van der Waals surface area contributed by atoms with Crippen molar-refractivity contribution in [1.82, 2.24) is 25.1 Å². The van der Waals surface area contributed by atoms with Crippen molar-refractivity contribution in [2.24, 2.45) is 0 Å². The third-order valence-electron chi connectivity index (χ3n) is 5.35. The smallest absolute Gasteiger partial charge is 0.249 e. The molecule has 0 radical (unpaired) electrons. The minimum absolute atomic E-state index is 0.0668. The third-order valence-corrected chi connectivity index (χ3v) is 5.35. The molecule has 1 atom stereocenters. The van der Waals surface area contributed by atoms with Crippen molar-refractivity contribution >= 4 is 5.91 Å². The molecule has 1 saturated carbocycles. The highest BCUT2D eigenvalue weighted by Gasteiger charge is 2.28. The quantitative estimate of drug-likeness (QED) is 0.911. The second kappa shape index (κ2) is 7.95. The highest BCUT2D eigenvalue weighted by atomic mass is 16.5. The Kier molecular flexibility index (Phi) is 5.24. The average Bonchev–Trinajstić information content (AvgIpc) is 3.20. The summed E-state index contributed by atoms with van der Waals surface area (Å²) in [6.45, 7) is 0.707. The second-order valence-electron chi connectivity index (χ2n) is 7.17. The van der Waals surface area contributed by atoms with Gasteiger partial charge in [-0.2, -0.15) is 5.10 Å². The summed E-state index contributed by atoms with van der Waals surface area (Å²) in [4.78, 5) is 20.7. The van der Waals surface area contributed by atoms with E-state index in [1.165, 1.54) is 0 Å². The first-order valence-corrected chi connectivity index (χ1v) is 9.52. The summed E-state index contributed by atoms with van der Waals surface area (Å²) >= 11 is 0. The molecule has 1 amide bonds. The van der Waals surface area contributed by atoms with E-state index in [2.05, 4.69) is 20.4 Å². The summed E-state index contributed by atoms with van der Waals surface area (Å²) in [5.41, 5.74) is 1.83. The monoisotopic (exact) mass is 355 g/mol. The summed E-state index contributed by atoms with van der Waals surface area (Å²) in [6.07, 6.45) is 15.7. The van der Waals surface area contributed by atoms with Crippen molar-refractivity contribution in [3.8, 4) is 11.3 Å². The molecule has 1 unspecified atom stereocenters. The molecule has 138 valence electrons. The fourth-order valence-corrected chi connectivity index (χ4v) is 3.84. The zero-order valence-electron chi connectivity index (χ0n) is 14.9. The number of hydrogen-bond acceptors (Lipinski definition) is 5. The summed E-state index contributed by atoms with van der Waals surface area (Å²) in [5, 5.41) is 7.70. The minimum atomic E-state index is -0.248. The predicted molar refractivity (Wildman–Crippen MR) is 96.3 cm³/mol. The van der Waals surface area contributed by atoms with E-state index >= 15 is 0 Å². The summed E-state index contributed by atoms with van der Waals surface area (Å²) < 4.78 is 7.61. The molecule has 7 nitrogen and oxygen atoms in total. The molecule has 0 spiro atoms. The van der Waals surface area contributed by atoms with E-state index in [9.17, 15) is 4.79 Å². The van der Waals surface area contributed by atoms with Crippen molar-refractivity contribution in [3.63, 3.8) is 0 Å². The molecule has 3 heterocycles. The van der Waals surface area contributed by atoms with Gasteiger partial charge >= 0.3 is 0 Å². The van der Waals surface area contributed by atoms with Gasteiger partial charge in [-0.25, -0.2) is 0 Å². The Bertz CT molecular complexity index is 719. The van der Waals surface area contributed by atoms with Gasteiger partial charge in [-0.1, -0.05) is 0 Å². The van der Waals surface area contributed by atoms with E-state index in [1.807, 2.05) is 17.1 Å². The molecule has 2 aromatic heterocycles. The zero-order valence-corrected chi connectivity index (χ0v) is 14.9. The molecule has 1 saturated heterocycles. The number of hydrogen-bond donors (Lipinski definition) is 1. The van der Waals surface area contributed by atoms with E-state index in [4.69, 9.17) is 4.74 Å². The molecule has 0 aromatic carbocycles. The Morgan fingerprint density at radius 1 is 1.12 bits per heavy atom. The van der Waals surface area contributed by atoms with Gasteiger partial charge in [-0.15, -0.1) is 0 Å². The fraction of sp³-hybridized carbons (Fsp3) is 0.579. The molecule has 1 N–H and O–H groups in total. The summed E-state index contributed by atoms with van der Waals surface area (Å²) in [6, 6.07) is 0.624. The Balaban J connectivity index is 1.30.